The molecule has 2 fully saturated rings. The predicted octanol–water partition coefficient (Wildman–Crippen LogP) is -1.95. The molecule has 4 aliphatic rings. The van der Waals surface area contributed by atoms with Gasteiger partial charge in [-0.15, -0.1) is 0 Å². The molecular formula is C26H33N5O7. The molecule has 2 aromatic rings. The highest BCUT2D eigenvalue weighted by molar-refractivity contribution is 5.72. The third-order valence-electron chi connectivity index (χ3n) is 8.10. The van der Waals surface area contributed by atoms with Crippen LogP contribution in [0.3, 0.4) is 0 Å². The standard InChI is InChI=1S/C13H17N3O3.C13H16N2O4/c17-6-9-4-16(5-11(9)18)3-8-1-2-10-12(8)14-7-15-13(10)19;16-4-6-3-9(12(18)11(6)17)7-1-2-8-10(7)14-5-15-13(8)19/h1,7,9,11,17-18H,2-6H2,(H,14,15,19);1,5-6,9,11-12,16-18H,2-4H2,(H,14,15,19)/t9-,11?;6-,9+,11+,12?/m11/s1. The number of likely N-dealkylation sites (tertiary alicyclic amines) is 1. The number of β-amino-alcohol motifs (C(OH)–C–C–N with tert-alkyl or cyclic N) is 1. The summed E-state index contributed by atoms with van der Waals surface area (Å²) in [5.41, 5.74) is 4.30. The summed E-state index contributed by atoms with van der Waals surface area (Å²) in [6.07, 6.45) is 5.97. The van der Waals surface area contributed by atoms with Gasteiger partial charge in [0.1, 0.15) is 0 Å². The van der Waals surface area contributed by atoms with Gasteiger partial charge in [-0.05, 0) is 30.4 Å². The van der Waals surface area contributed by atoms with E-state index in [2.05, 4.69) is 24.8 Å². The molecule has 0 spiro atoms. The molecule has 3 aliphatic carbocycles. The first-order chi connectivity index (χ1) is 18.3. The lowest BCUT2D eigenvalue weighted by Crippen LogP contribution is -2.29. The normalized spacial score (nSPS) is 29.9. The average Bonchev–Trinajstić information content (AvgIpc) is 3.67. The Bertz CT molecular complexity index is 1350. The van der Waals surface area contributed by atoms with Crippen LogP contribution in [0, 0.1) is 17.8 Å². The van der Waals surface area contributed by atoms with Crippen LogP contribution in [-0.4, -0.2) is 102 Å². The maximum atomic E-state index is 11.7. The van der Waals surface area contributed by atoms with Crippen LogP contribution in [0.2, 0.25) is 0 Å². The topological polar surface area (TPSA) is 196 Å². The van der Waals surface area contributed by atoms with E-state index in [1.807, 2.05) is 12.2 Å². The number of nitrogens with one attached hydrogen (secondary N) is 2. The van der Waals surface area contributed by atoms with Gasteiger partial charge in [0, 0.05) is 61.7 Å². The fraction of sp³-hybridized carbons (Fsp3) is 0.538. The van der Waals surface area contributed by atoms with E-state index >= 15 is 0 Å². The lowest BCUT2D eigenvalue weighted by atomic mass is 9.93. The van der Waals surface area contributed by atoms with Crippen molar-refractivity contribution < 1.29 is 25.5 Å². The number of aromatic nitrogens is 4. The number of aromatic amines is 2. The molecule has 204 valence electrons. The molecule has 3 heterocycles. The van der Waals surface area contributed by atoms with Gasteiger partial charge in [-0.25, -0.2) is 9.97 Å². The number of allylic oxidation sites excluding steroid dienone is 2. The monoisotopic (exact) mass is 527 g/mol. The second-order valence-corrected chi connectivity index (χ2v) is 10.4. The first kappa shape index (κ1) is 26.6. The van der Waals surface area contributed by atoms with Gasteiger partial charge in [0.05, 0.1) is 42.4 Å². The minimum Gasteiger partial charge on any atom is -0.396 e. The van der Waals surface area contributed by atoms with Gasteiger partial charge in [-0.1, -0.05) is 12.2 Å². The van der Waals surface area contributed by atoms with Crippen molar-refractivity contribution in [2.24, 2.45) is 17.8 Å². The highest BCUT2D eigenvalue weighted by Gasteiger charge is 2.44. The molecule has 2 unspecified atom stereocenters. The van der Waals surface area contributed by atoms with Crippen molar-refractivity contribution in [2.75, 3.05) is 32.8 Å². The molecule has 7 N–H and O–H groups in total. The van der Waals surface area contributed by atoms with Crippen molar-refractivity contribution in [3.8, 4) is 0 Å². The van der Waals surface area contributed by atoms with E-state index in [0.29, 0.717) is 50.2 Å². The van der Waals surface area contributed by atoms with Crippen molar-refractivity contribution in [1.82, 2.24) is 24.8 Å². The Morgan fingerprint density at radius 3 is 2.11 bits per heavy atom. The Labute approximate surface area is 218 Å². The maximum Gasteiger partial charge on any atom is 0.254 e. The van der Waals surface area contributed by atoms with E-state index in [9.17, 15) is 30.0 Å². The highest BCUT2D eigenvalue weighted by Crippen LogP contribution is 2.42. The summed E-state index contributed by atoms with van der Waals surface area (Å²) in [7, 11) is 0. The zero-order valence-electron chi connectivity index (χ0n) is 20.8. The summed E-state index contributed by atoms with van der Waals surface area (Å²) >= 11 is 0. The molecule has 0 amide bonds. The van der Waals surface area contributed by atoms with Crippen molar-refractivity contribution in [1.29, 1.82) is 0 Å². The Morgan fingerprint density at radius 1 is 0.842 bits per heavy atom. The summed E-state index contributed by atoms with van der Waals surface area (Å²) < 4.78 is 0. The van der Waals surface area contributed by atoms with Crippen molar-refractivity contribution >= 4 is 11.1 Å². The molecule has 1 aliphatic heterocycles. The van der Waals surface area contributed by atoms with E-state index < -0.39 is 18.3 Å². The fourth-order valence-corrected chi connectivity index (χ4v) is 5.96. The van der Waals surface area contributed by atoms with Gasteiger partial charge in [0.25, 0.3) is 11.1 Å². The van der Waals surface area contributed by atoms with Crippen LogP contribution in [0.5, 0.6) is 0 Å². The third kappa shape index (κ3) is 4.91. The Hall–Kier alpha value is -3.00. The molecule has 0 bridgehead atoms. The molecule has 6 rings (SSSR count). The van der Waals surface area contributed by atoms with Gasteiger partial charge >= 0.3 is 0 Å². The first-order valence-corrected chi connectivity index (χ1v) is 12.8. The number of hydrogen-bond acceptors (Lipinski definition) is 10. The number of H-pyrrole nitrogens is 2. The molecule has 12 heteroatoms. The highest BCUT2D eigenvalue weighted by atomic mass is 16.3. The predicted molar refractivity (Wildman–Crippen MR) is 137 cm³/mol. The average molecular weight is 528 g/mol. The third-order valence-corrected chi connectivity index (χ3v) is 8.10. The minimum atomic E-state index is -0.929. The second-order valence-electron chi connectivity index (χ2n) is 10.4. The van der Waals surface area contributed by atoms with E-state index in [-0.39, 0.29) is 42.1 Å². The summed E-state index contributed by atoms with van der Waals surface area (Å²) in [5.74, 6) is -0.678. The van der Waals surface area contributed by atoms with E-state index in [0.717, 1.165) is 22.4 Å². The van der Waals surface area contributed by atoms with E-state index in [4.69, 9.17) is 5.11 Å². The summed E-state index contributed by atoms with van der Waals surface area (Å²) in [6.45, 7) is 1.74. The fourth-order valence-electron chi connectivity index (χ4n) is 5.96. The summed E-state index contributed by atoms with van der Waals surface area (Å²) in [6, 6.07) is 0. The zero-order valence-corrected chi connectivity index (χ0v) is 20.8. The first-order valence-electron chi connectivity index (χ1n) is 12.8. The van der Waals surface area contributed by atoms with Gasteiger partial charge in [0.15, 0.2) is 0 Å². The van der Waals surface area contributed by atoms with Crippen LogP contribution in [0.25, 0.3) is 11.1 Å². The second kappa shape index (κ2) is 11.0. The van der Waals surface area contributed by atoms with Crippen LogP contribution in [0.15, 0.2) is 34.4 Å². The van der Waals surface area contributed by atoms with Crippen LogP contribution in [-0.2, 0) is 12.8 Å². The van der Waals surface area contributed by atoms with Crippen LogP contribution in [0.4, 0.5) is 0 Å². The molecule has 1 saturated carbocycles. The SMILES string of the molecule is O=c1[nH]cnc2c1CC=C2CN1CC(O)[C@@H](CO)C1.O=c1[nH]cnc2c1CC=C2[C@@H]1C[C@H](CO)[C@H](O)C1O. The number of rotatable bonds is 5. The number of fused-ring (bicyclic) bond motifs is 2. The van der Waals surface area contributed by atoms with Crippen molar-refractivity contribution in [2.45, 2.75) is 37.6 Å². The van der Waals surface area contributed by atoms with Crippen molar-refractivity contribution in [3.05, 3.63) is 68.0 Å². The molecule has 0 radical (unpaired) electrons. The Morgan fingerprint density at radius 2 is 1.47 bits per heavy atom. The summed E-state index contributed by atoms with van der Waals surface area (Å²) in [4.78, 5) is 38.9. The molecular weight excluding hydrogens is 494 g/mol. The zero-order chi connectivity index (χ0) is 27.0. The quantitative estimate of drug-likeness (QED) is 0.230. The largest absolute Gasteiger partial charge is 0.396 e. The minimum absolute atomic E-state index is 0.00518. The van der Waals surface area contributed by atoms with Gasteiger partial charge in [-0.2, -0.15) is 0 Å². The smallest absolute Gasteiger partial charge is 0.254 e. The number of aliphatic hydroxyl groups excluding tert-OH is 5. The van der Waals surface area contributed by atoms with Crippen LogP contribution in [0.1, 0.15) is 28.9 Å². The lowest BCUT2D eigenvalue weighted by Gasteiger charge is -2.18. The molecule has 0 aromatic carbocycles. The molecule has 6 atom stereocenters. The number of nitrogens with zero attached hydrogens (tertiary/aromatic N) is 3. The molecule has 38 heavy (non-hydrogen) atoms. The Balaban J connectivity index is 0.000000155. The van der Waals surface area contributed by atoms with E-state index in [1.54, 1.807) is 0 Å². The maximum absolute atomic E-state index is 11.7. The molecule has 2 aromatic heterocycles. The van der Waals surface area contributed by atoms with Crippen molar-refractivity contribution in [3.63, 3.8) is 0 Å². The van der Waals surface area contributed by atoms with E-state index in [1.165, 1.54) is 12.7 Å². The van der Waals surface area contributed by atoms with Gasteiger partial charge in [0.2, 0.25) is 0 Å². The van der Waals surface area contributed by atoms with Gasteiger partial charge in [-0.3, -0.25) is 14.5 Å². The number of aliphatic hydroxyl groups is 5. The summed E-state index contributed by atoms with van der Waals surface area (Å²) in [5, 5.41) is 48.1. The molecule has 12 nitrogen and oxygen atoms in total. The number of hydrogen-bond donors (Lipinski definition) is 7. The van der Waals surface area contributed by atoms with Crippen LogP contribution < -0.4 is 11.1 Å². The Kier molecular flexibility index (Phi) is 7.70. The molecule has 1 saturated heterocycles. The lowest BCUT2D eigenvalue weighted by molar-refractivity contribution is 0.000273. The van der Waals surface area contributed by atoms with Crippen LogP contribution >= 0.6 is 0 Å². The van der Waals surface area contributed by atoms with Gasteiger partial charge < -0.3 is 35.5 Å².